The average molecular weight is 451 g/mol. The highest BCUT2D eigenvalue weighted by Crippen LogP contribution is 2.64. The Bertz CT molecular complexity index is 802. The highest BCUT2D eigenvalue weighted by molar-refractivity contribution is 5.87. The van der Waals surface area contributed by atoms with Crippen molar-refractivity contribution in [2.45, 2.75) is 77.9 Å². The minimum absolute atomic E-state index is 0.149. The molecule has 7 nitrogen and oxygen atoms in total. The maximum Gasteiger partial charge on any atom is 0.333 e. The Labute approximate surface area is 190 Å². The number of fused-ring (bicyclic) bond motifs is 1. The smallest absolute Gasteiger partial charge is 0.333 e. The number of hydrogen-bond acceptors (Lipinski definition) is 7. The first kappa shape index (κ1) is 24.9. The first-order valence-corrected chi connectivity index (χ1v) is 11.7. The van der Waals surface area contributed by atoms with Crippen LogP contribution in [0.25, 0.3) is 0 Å². The summed E-state index contributed by atoms with van der Waals surface area (Å²) in [5.41, 5.74) is -1.60. The summed E-state index contributed by atoms with van der Waals surface area (Å²) < 4.78 is 10.5. The second-order valence-corrected chi connectivity index (χ2v) is 10.3. The van der Waals surface area contributed by atoms with Gasteiger partial charge in [0.1, 0.15) is 18.8 Å². The lowest BCUT2D eigenvalue weighted by atomic mass is 9.42. The molecule has 2 aliphatic carbocycles. The van der Waals surface area contributed by atoms with Crippen LogP contribution in [0.1, 0.15) is 66.2 Å². The van der Waals surface area contributed by atoms with E-state index in [2.05, 4.69) is 13.8 Å². The molecule has 2 fully saturated rings. The van der Waals surface area contributed by atoms with Crippen LogP contribution < -0.4 is 0 Å². The van der Waals surface area contributed by atoms with E-state index < -0.39 is 23.1 Å². The van der Waals surface area contributed by atoms with Gasteiger partial charge in [-0.25, -0.2) is 9.59 Å². The lowest BCUT2D eigenvalue weighted by Gasteiger charge is -2.65. The molecule has 1 heterocycles. The molecule has 3 rings (SSSR count). The Balaban J connectivity index is 1.91. The topological polar surface area (TPSA) is 113 Å². The van der Waals surface area contributed by atoms with Gasteiger partial charge in [-0.3, -0.25) is 0 Å². The van der Waals surface area contributed by atoms with Gasteiger partial charge in [-0.15, -0.1) is 0 Å². The van der Waals surface area contributed by atoms with Gasteiger partial charge in [-0.05, 0) is 68.8 Å². The van der Waals surface area contributed by atoms with Gasteiger partial charge < -0.3 is 24.8 Å². The minimum Gasteiger partial charge on any atom is -0.459 e. The van der Waals surface area contributed by atoms with Crippen molar-refractivity contribution in [1.29, 1.82) is 0 Å². The van der Waals surface area contributed by atoms with E-state index in [0.29, 0.717) is 37.9 Å². The fourth-order valence-electron chi connectivity index (χ4n) is 6.43. The second-order valence-electron chi connectivity index (χ2n) is 10.3. The Kier molecular flexibility index (Phi) is 7.23. The maximum atomic E-state index is 12.3. The standard InChI is InChI=1S/C25H38O7/c1-5-16(2)22(29)32-15-24(30)9-6-7-19-23(4,10-8-18-12-21(28)31-13-18)17(3)11-20(27)25(19,24)14-26/h5,12,17,19-20,26-27,30H,6-11,13-15H2,1-4H3/t17-,19-,20+,23+,24+,25+/m1/s1. The van der Waals surface area contributed by atoms with Crippen molar-refractivity contribution < 1.29 is 34.4 Å². The van der Waals surface area contributed by atoms with Gasteiger partial charge in [-0.1, -0.05) is 26.3 Å². The van der Waals surface area contributed by atoms with Crippen molar-refractivity contribution in [3.63, 3.8) is 0 Å². The zero-order chi connectivity index (χ0) is 23.7. The molecule has 2 saturated carbocycles. The normalized spacial score (nSPS) is 39.8. The summed E-state index contributed by atoms with van der Waals surface area (Å²) in [7, 11) is 0. The predicted molar refractivity (Wildman–Crippen MR) is 118 cm³/mol. The lowest BCUT2D eigenvalue weighted by Crippen LogP contribution is -2.71. The number of rotatable bonds is 7. The molecule has 0 bridgehead atoms. The zero-order valence-electron chi connectivity index (χ0n) is 19.7. The molecule has 0 radical (unpaired) electrons. The van der Waals surface area contributed by atoms with E-state index in [1.807, 2.05) is 0 Å². The number of aliphatic hydroxyl groups is 3. The van der Waals surface area contributed by atoms with E-state index in [0.717, 1.165) is 18.4 Å². The highest BCUT2D eigenvalue weighted by atomic mass is 16.5. The lowest BCUT2D eigenvalue weighted by molar-refractivity contribution is -0.278. The molecule has 32 heavy (non-hydrogen) atoms. The van der Waals surface area contributed by atoms with E-state index in [9.17, 15) is 24.9 Å². The summed E-state index contributed by atoms with van der Waals surface area (Å²) in [6, 6.07) is 0. The van der Waals surface area contributed by atoms with Crippen molar-refractivity contribution >= 4 is 11.9 Å². The third-order valence-electron chi connectivity index (χ3n) is 8.83. The fourth-order valence-corrected chi connectivity index (χ4v) is 6.43. The zero-order valence-corrected chi connectivity index (χ0v) is 19.7. The molecule has 6 atom stereocenters. The van der Waals surface area contributed by atoms with E-state index in [4.69, 9.17) is 9.47 Å². The van der Waals surface area contributed by atoms with Gasteiger partial charge in [0.2, 0.25) is 0 Å². The van der Waals surface area contributed by atoms with Crippen LogP contribution in [0, 0.1) is 22.7 Å². The fraction of sp³-hybridized carbons (Fsp3) is 0.760. The number of aliphatic hydroxyl groups excluding tert-OH is 2. The summed E-state index contributed by atoms with van der Waals surface area (Å²) in [5.74, 6) is -0.837. The molecular weight excluding hydrogens is 412 g/mol. The Morgan fingerprint density at radius 3 is 2.72 bits per heavy atom. The first-order valence-electron chi connectivity index (χ1n) is 11.7. The number of esters is 2. The van der Waals surface area contributed by atoms with Gasteiger partial charge in [0.05, 0.1) is 18.1 Å². The van der Waals surface area contributed by atoms with Gasteiger partial charge in [0, 0.05) is 11.6 Å². The van der Waals surface area contributed by atoms with Gasteiger partial charge in [0.25, 0.3) is 0 Å². The molecular formula is C25H38O7. The molecule has 0 aromatic carbocycles. The molecule has 3 aliphatic rings. The number of allylic oxidation sites excluding steroid dienone is 1. The van der Waals surface area contributed by atoms with Crippen molar-refractivity contribution in [3.8, 4) is 0 Å². The molecule has 0 amide bonds. The number of carbonyl (C=O) groups excluding carboxylic acids is 2. The SMILES string of the molecule is CC=C(C)C(=O)OC[C@@]1(O)CCC[C@@H]2[C@@](C)(CCC3=CC(=O)OC3)[C@H](C)C[C@H](O)[C@]21CO. The number of cyclic esters (lactones) is 1. The van der Waals surface area contributed by atoms with E-state index in [-0.39, 0.29) is 36.4 Å². The van der Waals surface area contributed by atoms with Crippen LogP contribution in [0.3, 0.4) is 0 Å². The maximum absolute atomic E-state index is 12.3. The molecule has 0 aromatic rings. The summed E-state index contributed by atoms with van der Waals surface area (Å²) in [5, 5.41) is 33.8. The van der Waals surface area contributed by atoms with Crippen molar-refractivity contribution in [3.05, 3.63) is 23.3 Å². The summed E-state index contributed by atoms with van der Waals surface area (Å²) in [6.45, 7) is 7.33. The number of hydrogen-bond donors (Lipinski definition) is 3. The number of ether oxygens (including phenoxy) is 2. The van der Waals surface area contributed by atoms with Crippen LogP contribution >= 0.6 is 0 Å². The molecule has 0 spiro atoms. The molecule has 1 aliphatic heterocycles. The van der Waals surface area contributed by atoms with E-state index in [1.165, 1.54) is 0 Å². The predicted octanol–water partition coefficient (Wildman–Crippen LogP) is 2.68. The van der Waals surface area contributed by atoms with E-state index >= 15 is 0 Å². The molecule has 3 N–H and O–H groups in total. The third-order valence-corrected chi connectivity index (χ3v) is 8.83. The van der Waals surface area contributed by atoms with Crippen molar-refractivity contribution in [1.82, 2.24) is 0 Å². The van der Waals surface area contributed by atoms with Crippen LogP contribution in [-0.2, 0) is 19.1 Å². The van der Waals surface area contributed by atoms with Crippen LogP contribution in [-0.4, -0.2) is 58.8 Å². The molecule has 0 aromatic heterocycles. The highest BCUT2D eigenvalue weighted by Gasteiger charge is 2.67. The quantitative estimate of drug-likeness (QED) is 0.404. The van der Waals surface area contributed by atoms with Crippen LogP contribution in [0.15, 0.2) is 23.3 Å². The molecule has 180 valence electrons. The first-order chi connectivity index (χ1) is 15.0. The van der Waals surface area contributed by atoms with Gasteiger partial charge in [0.15, 0.2) is 0 Å². The van der Waals surface area contributed by atoms with Gasteiger partial charge >= 0.3 is 11.9 Å². The van der Waals surface area contributed by atoms with Crippen LogP contribution in [0.4, 0.5) is 0 Å². The Morgan fingerprint density at radius 2 is 2.12 bits per heavy atom. The molecule has 7 heteroatoms. The summed E-state index contributed by atoms with van der Waals surface area (Å²) in [4.78, 5) is 23.7. The minimum atomic E-state index is -1.53. The second kappa shape index (κ2) is 9.27. The van der Waals surface area contributed by atoms with Crippen molar-refractivity contribution in [2.24, 2.45) is 22.7 Å². The molecule has 0 unspecified atom stereocenters. The Morgan fingerprint density at radius 1 is 1.41 bits per heavy atom. The van der Waals surface area contributed by atoms with Gasteiger partial charge in [-0.2, -0.15) is 0 Å². The third kappa shape index (κ3) is 4.03. The van der Waals surface area contributed by atoms with E-state index in [1.54, 1.807) is 26.0 Å². The van der Waals surface area contributed by atoms with Crippen molar-refractivity contribution in [2.75, 3.05) is 19.8 Å². The van der Waals surface area contributed by atoms with Crippen LogP contribution in [0.5, 0.6) is 0 Å². The number of carbonyl (C=O) groups is 2. The monoisotopic (exact) mass is 450 g/mol. The molecule has 0 saturated heterocycles. The summed E-state index contributed by atoms with van der Waals surface area (Å²) in [6.07, 6.45) is 5.98. The Hall–Kier alpha value is -1.70. The van der Waals surface area contributed by atoms with Crippen LogP contribution in [0.2, 0.25) is 0 Å². The largest absolute Gasteiger partial charge is 0.459 e. The summed E-state index contributed by atoms with van der Waals surface area (Å²) >= 11 is 0. The average Bonchev–Trinajstić information content (AvgIpc) is 3.19.